The Hall–Kier alpha value is -0.460. The molecular weight excluding hydrogens is 290 g/mol. The lowest BCUT2D eigenvalue weighted by molar-refractivity contribution is 0.377. The zero-order valence-corrected chi connectivity index (χ0v) is 14.1. The summed E-state index contributed by atoms with van der Waals surface area (Å²) in [4.78, 5) is 8.80. The molecule has 1 saturated heterocycles. The molecule has 0 saturated carbocycles. The summed E-state index contributed by atoms with van der Waals surface area (Å²) in [6.45, 7) is 7.66. The van der Waals surface area contributed by atoms with Crippen molar-refractivity contribution in [3.05, 3.63) is 18.1 Å². The van der Waals surface area contributed by atoms with E-state index >= 15 is 0 Å². The fraction of sp³-hybridized carbons (Fsp3) is 0.714. The van der Waals surface area contributed by atoms with Crippen molar-refractivity contribution in [3.8, 4) is 5.88 Å². The number of methoxy groups -OCH3 is 1. The van der Waals surface area contributed by atoms with Gasteiger partial charge in [-0.15, -0.1) is 0 Å². The zero-order chi connectivity index (χ0) is 14.5. The zero-order valence-electron chi connectivity index (χ0n) is 12.5. The number of ether oxygens (including phenoxy) is 1. The van der Waals surface area contributed by atoms with E-state index in [1.807, 2.05) is 23.5 Å². The highest BCUT2D eigenvalue weighted by Gasteiger charge is 2.34. The standard InChI is InChI=1S/C14H23N3OS2/c1-5-15-12(11-8-19-9(2)10(3)20-11)13-14(18-4)17-7-6-16-13/h6-7,9-12,15H,5,8H2,1-4H3. The molecular formula is C14H23N3OS2. The van der Waals surface area contributed by atoms with E-state index in [9.17, 15) is 0 Å². The van der Waals surface area contributed by atoms with Crippen molar-refractivity contribution in [1.29, 1.82) is 0 Å². The van der Waals surface area contributed by atoms with Crippen LogP contribution in [0.5, 0.6) is 5.88 Å². The predicted molar refractivity (Wildman–Crippen MR) is 87.8 cm³/mol. The summed E-state index contributed by atoms with van der Waals surface area (Å²) in [6.07, 6.45) is 3.42. The van der Waals surface area contributed by atoms with Gasteiger partial charge in [0, 0.05) is 33.9 Å². The number of rotatable bonds is 5. The molecule has 0 radical (unpaired) electrons. The Morgan fingerprint density at radius 2 is 2.10 bits per heavy atom. The van der Waals surface area contributed by atoms with Crippen LogP contribution in [0.25, 0.3) is 0 Å². The van der Waals surface area contributed by atoms with Crippen LogP contribution in [0.2, 0.25) is 0 Å². The lowest BCUT2D eigenvalue weighted by atomic mass is 10.1. The first-order valence-electron chi connectivity index (χ1n) is 7.02. The average Bonchev–Trinajstić information content (AvgIpc) is 2.48. The van der Waals surface area contributed by atoms with Gasteiger partial charge in [0.05, 0.1) is 13.2 Å². The predicted octanol–water partition coefficient (Wildman–Crippen LogP) is 2.76. The quantitative estimate of drug-likeness (QED) is 0.902. The number of nitrogens with one attached hydrogen (secondary N) is 1. The van der Waals surface area contributed by atoms with Crippen molar-refractivity contribution in [2.45, 2.75) is 42.6 Å². The van der Waals surface area contributed by atoms with E-state index in [4.69, 9.17) is 4.74 Å². The molecule has 2 heterocycles. The average molecular weight is 313 g/mol. The van der Waals surface area contributed by atoms with Crippen LogP contribution in [-0.4, -0.2) is 45.1 Å². The van der Waals surface area contributed by atoms with Crippen molar-refractivity contribution >= 4 is 23.5 Å². The highest BCUT2D eigenvalue weighted by Crippen LogP contribution is 2.41. The summed E-state index contributed by atoms with van der Waals surface area (Å²) in [5.74, 6) is 1.77. The van der Waals surface area contributed by atoms with E-state index in [1.54, 1.807) is 19.5 Å². The molecule has 0 amide bonds. The summed E-state index contributed by atoms with van der Waals surface area (Å²) in [5, 5.41) is 5.42. The van der Waals surface area contributed by atoms with Gasteiger partial charge in [-0.25, -0.2) is 4.98 Å². The van der Waals surface area contributed by atoms with Gasteiger partial charge < -0.3 is 10.1 Å². The molecule has 1 aromatic heterocycles. The molecule has 0 aliphatic carbocycles. The summed E-state index contributed by atoms with van der Waals surface area (Å²) in [6, 6.07) is 0.191. The first-order chi connectivity index (χ1) is 9.67. The maximum absolute atomic E-state index is 5.38. The first-order valence-corrected chi connectivity index (χ1v) is 9.01. The number of hydrogen-bond acceptors (Lipinski definition) is 6. The Kier molecular flexibility index (Phi) is 5.99. The molecule has 1 aliphatic rings. The van der Waals surface area contributed by atoms with Crippen molar-refractivity contribution < 1.29 is 4.74 Å². The lowest BCUT2D eigenvalue weighted by Gasteiger charge is -2.36. The number of thioether (sulfide) groups is 2. The largest absolute Gasteiger partial charge is 0.480 e. The lowest BCUT2D eigenvalue weighted by Crippen LogP contribution is -2.37. The van der Waals surface area contributed by atoms with Crippen LogP contribution in [0.3, 0.4) is 0 Å². The third kappa shape index (κ3) is 3.59. The molecule has 6 heteroatoms. The van der Waals surface area contributed by atoms with Crippen molar-refractivity contribution in [2.75, 3.05) is 19.4 Å². The van der Waals surface area contributed by atoms with Gasteiger partial charge in [0.25, 0.3) is 0 Å². The number of aromatic nitrogens is 2. The van der Waals surface area contributed by atoms with E-state index < -0.39 is 0 Å². The van der Waals surface area contributed by atoms with Gasteiger partial charge in [-0.05, 0) is 6.54 Å². The van der Waals surface area contributed by atoms with Crippen LogP contribution < -0.4 is 10.1 Å². The molecule has 112 valence electrons. The van der Waals surface area contributed by atoms with Crippen molar-refractivity contribution in [3.63, 3.8) is 0 Å². The monoisotopic (exact) mass is 313 g/mol. The van der Waals surface area contributed by atoms with Gasteiger partial charge in [-0.2, -0.15) is 23.5 Å². The maximum atomic E-state index is 5.38. The molecule has 1 N–H and O–H groups in total. The molecule has 1 aliphatic heterocycles. The number of nitrogens with zero attached hydrogens (tertiary/aromatic N) is 2. The van der Waals surface area contributed by atoms with Gasteiger partial charge in [-0.3, -0.25) is 4.98 Å². The van der Waals surface area contributed by atoms with Gasteiger partial charge >= 0.3 is 0 Å². The van der Waals surface area contributed by atoms with Gasteiger partial charge in [0.15, 0.2) is 0 Å². The summed E-state index contributed by atoms with van der Waals surface area (Å²) in [7, 11) is 1.66. The second-order valence-electron chi connectivity index (χ2n) is 4.90. The van der Waals surface area contributed by atoms with Crippen molar-refractivity contribution in [1.82, 2.24) is 15.3 Å². The highest BCUT2D eigenvalue weighted by atomic mass is 32.2. The van der Waals surface area contributed by atoms with Crippen molar-refractivity contribution in [2.24, 2.45) is 0 Å². The Labute approximate surface area is 129 Å². The topological polar surface area (TPSA) is 47.0 Å². The second-order valence-corrected chi connectivity index (χ2v) is 7.94. The smallest absolute Gasteiger partial charge is 0.237 e. The Morgan fingerprint density at radius 1 is 1.35 bits per heavy atom. The fourth-order valence-electron chi connectivity index (χ4n) is 2.31. The number of hydrogen-bond donors (Lipinski definition) is 1. The van der Waals surface area contributed by atoms with Crippen LogP contribution in [0.15, 0.2) is 12.4 Å². The Bertz CT molecular complexity index is 433. The van der Waals surface area contributed by atoms with E-state index in [0.29, 0.717) is 21.6 Å². The minimum Gasteiger partial charge on any atom is -0.480 e. The minimum atomic E-state index is 0.191. The SMILES string of the molecule is CCNC(c1nccnc1OC)C1CSC(C)C(C)S1. The van der Waals surface area contributed by atoms with Crippen LogP contribution in [0.4, 0.5) is 0 Å². The normalized spacial score (nSPS) is 28.1. The highest BCUT2D eigenvalue weighted by molar-refractivity contribution is 8.07. The molecule has 4 atom stereocenters. The minimum absolute atomic E-state index is 0.191. The summed E-state index contributed by atoms with van der Waals surface area (Å²) >= 11 is 4.10. The summed E-state index contributed by atoms with van der Waals surface area (Å²) < 4.78 is 5.38. The van der Waals surface area contributed by atoms with Crippen LogP contribution in [0, 0.1) is 0 Å². The second kappa shape index (κ2) is 7.52. The molecule has 0 aromatic carbocycles. The molecule has 0 bridgehead atoms. The third-order valence-corrected chi connectivity index (χ3v) is 7.04. The van der Waals surface area contributed by atoms with E-state index in [1.165, 1.54) is 0 Å². The maximum Gasteiger partial charge on any atom is 0.237 e. The van der Waals surface area contributed by atoms with Gasteiger partial charge in [0.1, 0.15) is 5.69 Å². The molecule has 4 nitrogen and oxygen atoms in total. The third-order valence-electron chi connectivity index (χ3n) is 3.55. The Balaban J connectivity index is 2.22. The molecule has 4 unspecified atom stereocenters. The molecule has 20 heavy (non-hydrogen) atoms. The molecule has 2 rings (SSSR count). The molecule has 1 aromatic rings. The van der Waals surface area contributed by atoms with Crippen LogP contribution >= 0.6 is 23.5 Å². The van der Waals surface area contributed by atoms with Crippen LogP contribution in [-0.2, 0) is 0 Å². The van der Waals surface area contributed by atoms with E-state index in [0.717, 1.165) is 18.0 Å². The first kappa shape index (κ1) is 15.9. The van der Waals surface area contributed by atoms with E-state index in [-0.39, 0.29) is 6.04 Å². The fourth-order valence-corrected chi connectivity index (χ4v) is 5.40. The Morgan fingerprint density at radius 3 is 2.75 bits per heavy atom. The summed E-state index contributed by atoms with van der Waals surface area (Å²) in [5.41, 5.74) is 0.928. The van der Waals surface area contributed by atoms with Crippen LogP contribution in [0.1, 0.15) is 32.5 Å². The van der Waals surface area contributed by atoms with Gasteiger partial charge in [-0.1, -0.05) is 20.8 Å². The van der Waals surface area contributed by atoms with E-state index in [2.05, 4.69) is 36.1 Å². The molecule has 1 fully saturated rings. The molecule has 0 spiro atoms. The van der Waals surface area contributed by atoms with Gasteiger partial charge in [0.2, 0.25) is 5.88 Å².